The van der Waals surface area contributed by atoms with Crippen LogP contribution in [0.1, 0.15) is 40.5 Å². The highest BCUT2D eigenvalue weighted by Gasteiger charge is 2.47. The van der Waals surface area contributed by atoms with E-state index in [1.54, 1.807) is 20.8 Å². The highest BCUT2D eigenvalue weighted by Crippen LogP contribution is 2.26. The molecule has 0 amide bonds. The Bertz CT molecular complexity index is 346. The number of aliphatic hydroxyl groups is 4. The number of aliphatic hydroxyl groups excluding tert-OH is 4. The molecule has 4 unspecified atom stereocenters. The van der Waals surface area contributed by atoms with Crippen molar-refractivity contribution in [1.29, 1.82) is 0 Å². The van der Waals surface area contributed by atoms with Gasteiger partial charge in [0.1, 0.15) is 23.9 Å². The van der Waals surface area contributed by atoms with Gasteiger partial charge < -0.3 is 30.3 Å². The van der Waals surface area contributed by atoms with Gasteiger partial charge in [-0.25, -0.2) is 4.89 Å². The normalized spacial score (nSPS) is 19.3. The van der Waals surface area contributed by atoms with Crippen LogP contribution in [-0.4, -0.2) is 62.5 Å². The van der Waals surface area contributed by atoms with Crippen molar-refractivity contribution in [2.75, 3.05) is 6.61 Å². The monoisotopic (exact) mass is 325 g/mol. The van der Waals surface area contributed by atoms with Gasteiger partial charge in [0.25, 0.3) is 0 Å². The second-order valence-corrected chi connectivity index (χ2v) is 5.56. The van der Waals surface area contributed by atoms with Gasteiger partial charge in [-0.05, 0) is 26.7 Å². The summed E-state index contributed by atoms with van der Waals surface area (Å²) in [5.41, 5.74) is -3.26. The molecule has 0 bridgehead atoms. The van der Waals surface area contributed by atoms with Gasteiger partial charge in [-0.1, -0.05) is 18.9 Å². The fourth-order valence-corrected chi connectivity index (χ4v) is 1.44. The average molecular weight is 325 g/mol. The zero-order valence-electron chi connectivity index (χ0n) is 13.2. The van der Waals surface area contributed by atoms with Crippen LogP contribution in [-0.2, 0) is 19.6 Å². The average Bonchev–Trinajstić information content (AvgIpc) is 2.49. The largest absolute Gasteiger partial charge is 0.547 e. The summed E-state index contributed by atoms with van der Waals surface area (Å²) in [6.45, 7) is 5.57. The predicted molar refractivity (Wildman–Crippen MR) is 70.8 cm³/mol. The maximum absolute atomic E-state index is 11.3. The maximum Gasteiger partial charge on any atom is 0.174 e. The van der Waals surface area contributed by atoms with Crippen molar-refractivity contribution in [1.82, 2.24) is 0 Å². The van der Waals surface area contributed by atoms with Crippen LogP contribution in [0.25, 0.3) is 0 Å². The van der Waals surface area contributed by atoms with E-state index in [4.69, 9.17) is 9.99 Å². The molecule has 9 nitrogen and oxygen atoms in total. The van der Waals surface area contributed by atoms with E-state index in [1.807, 2.05) is 0 Å². The van der Waals surface area contributed by atoms with Crippen LogP contribution in [0.2, 0.25) is 0 Å². The Morgan fingerprint density at radius 2 is 1.68 bits per heavy atom. The van der Waals surface area contributed by atoms with Gasteiger partial charge >= 0.3 is 0 Å². The van der Waals surface area contributed by atoms with Crippen LogP contribution in [0.3, 0.4) is 0 Å². The Balaban J connectivity index is 5.12. The summed E-state index contributed by atoms with van der Waals surface area (Å²) in [6.07, 6.45) is -5.72. The highest BCUT2D eigenvalue weighted by atomic mass is 17.5. The quantitative estimate of drug-likeness (QED) is 0.250. The van der Waals surface area contributed by atoms with Crippen molar-refractivity contribution in [2.45, 2.75) is 70.1 Å². The fraction of sp³-hybridized carbons (Fsp3) is 0.923. The lowest BCUT2D eigenvalue weighted by molar-refractivity contribution is -0.573. The van der Waals surface area contributed by atoms with Gasteiger partial charge in [0, 0.05) is 0 Å². The molecule has 9 heteroatoms. The topological polar surface area (TPSA) is 149 Å². The first-order chi connectivity index (χ1) is 10.1. The van der Waals surface area contributed by atoms with E-state index < -0.39 is 42.1 Å². The third-order valence-electron chi connectivity index (χ3n) is 3.55. The second-order valence-electron chi connectivity index (χ2n) is 5.56. The first-order valence-corrected chi connectivity index (χ1v) is 6.98. The van der Waals surface area contributed by atoms with Gasteiger partial charge in [-0.3, -0.25) is 0 Å². The lowest BCUT2D eigenvalue weighted by Crippen LogP contribution is -2.63. The number of carbonyl (C=O) groups is 1. The lowest BCUT2D eigenvalue weighted by atomic mass is 9.88. The van der Waals surface area contributed by atoms with Crippen molar-refractivity contribution in [3.8, 4) is 0 Å². The third-order valence-corrected chi connectivity index (χ3v) is 3.55. The molecule has 4 N–H and O–H groups in total. The van der Waals surface area contributed by atoms with Crippen molar-refractivity contribution < 1.29 is 45.1 Å². The molecule has 0 aliphatic heterocycles. The summed E-state index contributed by atoms with van der Waals surface area (Å²) < 4.78 is 0. The molecule has 22 heavy (non-hydrogen) atoms. The summed E-state index contributed by atoms with van der Waals surface area (Å²) in [5, 5.41) is 53.6. The van der Waals surface area contributed by atoms with Gasteiger partial charge in [0.2, 0.25) is 0 Å². The van der Waals surface area contributed by atoms with Crippen LogP contribution in [0.15, 0.2) is 0 Å². The van der Waals surface area contributed by atoms with Crippen molar-refractivity contribution in [2.24, 2.45) is 0 Å². The van der Waals surface area contributed by atoms with Crippen molar-refractivity contribution >= 4 is 5.97 Å². The highest BCUT2D eigenvalue weighted by molar-refractivity contribution is 5.76. The molecule has 0 fully saturated rings. The van der Waals surface area contributed by atoms with Gasteiger partial charge in [0.15, 0.2) is 5.60 Å². The van der Waals surface area contributed by atoms with E-state index in [0.29, 0.717) is 6.42 Å². The molecule has 0 radical (unpaired) electrons. The first kappa shape index (κ1) is 21.2. The molecule has 0 aliphatic rings. The van der Waals surface area contributed by atoms with Gasteiger partial charge in [0.05, 0.1) is 12.6 Å². The maximum atomic E-state index is 11.3. The number of hydrogen-bond acceptors (Lipinski definition) is 9. The molecule has 0 aromatic heterocycles. The van der Waals surface area contributed by atoms with Gasteiger partial charge in [-0.2, -0.15) is 4.89 Å². The smallest absolute Gasteiger partial charge is 0.174 e. The molecule has 0 rings (SSSR count). The molecule has 0 aromatic rings. The Labute approximate surface area is 128 Å². The van der Waals surface area contributed by atoms with Gasteiger partial charge in [-0.15, -0.1) is 0 Å². The Kier molecular flexibility index (Phi) is 8.40. The summed E-state index contributed by atoms with van der Waals surface area (Å²) in [5.74, 6) is -1.87. The standard InChI is InChI=1S/C13H26O9/c1-5-12(3,4)20-22-21-13(6-2,11(18)19)10(17)9(16)8(15)7-14/h8-10,14-17H,5-7H2,1-4H3,(H,18,19)/p-1. The molecule has 0 saturated carbocycles. The summed E-state index contributed by atoms with van der Waals surface area (Å²) in [4.78, 5) is 20.9. The molecule has 0 saturated heterocycles. The van der Waals surface area contributed by atoms with Crippen LogP contribution >= 0.6 is 0 Å². The Hall–Kier alpha value is -0.810. The zero-order valence-corrected chi connectivity index (χ0v) is 13.2. The minimum Gasteiger partial charge on any atom is -0.547 e. The van der Waals surface area contributed by atoms with E-state index in [0.717, 1.165) is 0 Å². The molecule has 4 atom stereocenters. The van der Waals surface area contributed by atoms with E-state index in [1.165, 1.54) is 6.92 Å². The lowest BCUT2D eigenvalue weighted by Gasteiger charge is -2.39. The first-order valence-electron chi connectivity index (χ1n) is 6.98. The molecule has 132 valence electrons. The third kappa shape index (κ3) is 5.13. The van der Waals surface area contributed by atoms with Crippen molar-refractivity contribution in [3.05, 3.63) is 0 Å². The van der Waals surface area contributed by atoms with Crippen molar-refractivity contribution in [3.63, 3.8) is 0 Å². The molecule has 0 aliphatic carbocycles. The molecule has 0 aromatic carbocycles. The number of aliphatic carboxylic acids is 1. The Morgan fingerprint density at radius 1 is 1.14 bits per heavy atom. The summed E-state index contributed by atoms with van der Waals surface area (Å²) in [7, 11) is 0. The van der Waals surface area contributed by atoms with Crippen LogP contribution < -0.4 is 5.11 Å². The minimum absolute atomic E-state index is 0.360. The molecular formula is C13H25O9-. The zero-order chi connectivity index (χ0) is 17.6. The predicted octanol–water partition coefficient (Wildman–Crippen LogP) is -1.97. The van der Waals surface area contributed by atoms with E-state index in [-0.39, 0.29) is 6.42 Å². The molecule has 0 heterocycles. The molecule has 0 spiro atoms. The number of carboxylic acid groups (broad SMARTS) is 1. The number of carboxylic acids is 1. The van der Waals surface area contributed by atoms with Crippen LogP contribution in [0.4, 0.5) is 0 Å². The van der Waals surface area contributed by atoms with E-state index in [9.17, 15) is 25.2 Å². The number of rotatable bonds is 11. The van der Waals surface area contributed by atoms with Crippen LogP contribution in [0, 0.1) is 0 Å². The van der Waals surface area contributed by atoms with Crippen LogP contribution in [0.5, 0.6) is 0 Å². The fourth-order valence-electron chi connectivity index (χ4n) is 1.44. The van der Waals surface area contributed by atoms with E-state index in [2.05, 4.69) is 9.93 Å². The number of hydrogen-bond donors (Lipinski definition) is 4. The Morgan fingerprint density at radius 3 is 2.05 bits per heavy atom. The molecular weight excluding hydrogens is 300 g/mol. The number of carbonyl (C=O) groups excluding carboxylic acids is 1. The SMILES string of the molecule is CCC(C)(C)OOOC(CC)(C(=O)[O-])C(O)C(O)C(O)CO. The van der Waals surface area contributed by atoms with E-state index >= 15 is 0 Å². The second kappa shape index (κ2) is 8.73. The minimum atomic E-state index is -2.49. The summed E-state index contributed by atoms with van der Waals surface area (Å²) in [6, 6.07) is 0. The summed E-state index contributed by atoms with van der Waals surface area (Å²) >= 11 is 0.